The Balaban J connectivity index is 2.13. The molecule has 0 unspecified atom stereocenters. The van der Waals surface area contributed by atoms with Crippen LogP contribution in [0.1, 0.15) is 12.8 Å². The van der Waals surface area contributed by atoms with E-state index in [4.69, 9.17) is 5.11 Å². The number of fused-ring (bicyclic) bond motifs is 1. The minimum Gasteiger partial charge on any atom is -0.389 e. The van der Waals surface area contributed by atoms with Gasteiger partial charge in [0.1, 0.15) is 0 Å². The molecule has 0 bridgehead atoms. The monoisotopic (exact) mass is 110 g/mol. The first-order chi connectivity index (χ1) is 3.88. The van der Waals surface area contributed by atoms with E-state index in [1.165, 1.54) is 12.8 Å². The predicted molar refractivity (Wildman–Crippen MR) is 31.4 cm³/mol. The van der Waals surface area contributed by atoms with Crippen LogP contribution in [0, 0.1) is 11.8 Å². The van der Waals surface area contributed by atoms with Crippen molar-refractivity contribution in [1.82, 2.24) is 0 Å². The molecule has 2 aliphatic carbocycles. The van der Waals surface area contributed by atoms with E-state index < -0.39 is 0 Å². The van der Waals surface area contributed by atoms with Crippen molar-refractivity contribution < 1.29 is 5.11 Å². The molecule has 0 aromatic carbocycles. The molecular formula is C7H10O. The molecule has 0 heterocycles. The van der Waals surface area contributed by atoms with Gasteiger partial charge in [0.2, 0.25) is 0 Å². The molecule has 2 aliphatic rings. The fourth-order valence-corrected chi connectivity index (χ4v) is 1.50. The lowest BCUT2D eigenvalue weighted by Crippen LogP contribution is -2.09. The zero-order chi connectivity index (χ0) is 5.56. The van der Waals surface area contributed by atoms with Crippen LogP contribution in [0.15, 0.2) is 12.2 Å². The van der Waals surface area contributed by atoms with E-state index >= 15 is 0 Å². The van der Waals surface area contributed by atoms with Crippen LogP contribution in [-0.2, 0) is 0 Å². The molecule has 1 heteroatoms. The molecule has 0 spiro atoms. The topological polar surface area (TPSA) is 20.2 Å². The lowest BCUT2D eigenvalue weighted by Gasteiger charge is -2.07. The molecule has 0 aliphatic heterocycles. The smallest absolute Gasteiger partial charge is 0.0751 e. The maximum Gasteiger partial charge on any atom is 0.0751 e. The molecule has 0 aromatic heterocycles. The van der Waals surface area contributed by atoms with Gasteiger partial charge in [-0.15, -0.1) is 0 Å². The normalized spacial score (nSPS) is 50.9. The first kappa shape index (κ1) is 4.57. The van der Waals surface area contributed by atoms with E-state index in [0.717, 1.165) is 5.92 Å². The molecule has 0 radical (unpaired) electrons. The summed E-state index contributed by atoms with van der Waals surface area (Å²) in [5.41, 5.74) is 0. The van der Waals surface area contributed by atoms with Gasteiger partial charge in [-0.1, -0.05) is 12.2 Å². The fraction of sp³-hybridized carbons (Fsp3) is 0.714. The van der Waals surface area contributed by atoms with Gasteiger partial charge in [-0.25, -0.2) is 0 Å². The highest BCUT2D eigenvalue weighted by Gasteiger charge is 2.42. The zero-order valence-electron chi connectivity index (χ0n) is 4.75. The quantitative estimate of drug-likeness (QED) is 0.460. The van der Waals surface area contributed by atoms with Crippen molar-refractivity contribution in [3.8, 4) is 0 Å². The number of rotatable bonds is 0. The third-order valence-electron chi connectivity index (χ3n) is 2.19. The summed E-state index contributed by atoms with van der Waals surface area (Å²) in [5.74, 6) is 1.48. The summed E-state index contributed by atoms with van der Waals surface area (Å²) in [6.07, 6.45) is 6.39. The second-order valence-electron chi connectivity index (χ2n) is 2.81. The molecule has 2 rings (SSSR count). The Hall–Kier alpha value is -0.300. The van der Waals surface area contributed by atoms with Crippen LogP contribution in [0.2, 0.25) is 0 Å². The molecule has 1 saturated carbocycles. The van der Waals surface area contributed by atoms with Gasteiger partial charge in [-0.3, -0.25) is 0 Å². The van der Waals surface area contributed by atoms with E-state index in [1.807, 2.05) is 6.08 Å². The van der Waals surface area contributed by atoms with Gasteiger partial charge in [-0.2, -0.15) is 0 Å². The summed E-state index contributed by atoms with van der Waals surface area (Å²) in [7, 11) is 0. The first-order valence-corrected chi connectivity index (χ1v) is 3.22. The molecule has 44 valence electrons. The van der Waals surface area contributed by atoms with Crippen molar-refractivity contribution >= 4 is 0 Å². The van der Waals surface area contributed by atoms with Crippen molar-refractivity contribution in [1.29, 1.82) is 0 Å². The van der Waals surface area contributed by atoms with Crippen LogP contribution in [0.3, 0.4) is 0 Å². The van der Waals surface area contributed by atoms with E-state index in [9.17, 15) is 0 Å². The number of hydrogen-bond donors (Lipinski definition) is 1. The molecule has 8 heavy (non-hydrogen) atoms. The van der Waals surface area contributed by atoms with Crippen molar-refractivity contribution in [3.05, 3.63) is 12.2 Å². The van der Waals surface area contributed by atoms with Crippen molar-refractivity contribution in [2.75, 3.05) is 0 Å². The summed E-state index contributed by atoms with van der Waals surface area (Å²) >= 11 is 0. The van der Waals surface area contributed by atoms with E-state index in [-0.39, 0.29) is 6.10 Å². The summed E-state index contributed by atoms with van der Waals surface area (Å²) in [4.78, 5) is 0. The Morgan fingerprint density at radius 1 is 1.50 bits per heavy atom. The maximum atomic E-state index is 9.13. The molecule has 0 saturated heterocycles. The van der Waals surface area contributed by atoms with Gasteiger partial charge in [0, 0.05) is 0 Å². The van der Waals surface area contributed by atoms with Crippen LogP contribution < -0.4 is 0 Å². The Labute approximate surface area is 49.0 Å². The second kappa shape index (κ2) is 1.35. The van der Waals surface area contributed by atoms with Gasteiger partial charge in [0.25, 0.3) is 0 Å². The average molecular weight is 110 g/mol. The van der Waals surface area contributed by atoms with Crippen LogP contribution in [0.25, 0.3) is 0 Å². The summed E-state index contributed by atoms with van der Waals surface area (Å²) in [6, 6.07) is 0. The van der Waals surface area contributed by atoms with Crippen molar-refractivity contribution in [3.63, 3.8) is 0 Å². The third-order valence-corrected chi connectivity index (χ3v) is 2.19. The average Bonchev–Trinajstić information content (AvgIpc) is 2.45. The zero-order valence-corrected chi connectivity index (χ0v) is 4.75. The van der Waals surface area contributed by atoms with Gasteiger partial charge in [0.15, 0.2) is 0 Å². The highest BCUT2D eigenvalue weighted by molar-refractivity contribution is 5.08. The second-order valence-corrected chi connectivity index (χ2v) is 2.81. The molecule has 1 nitrogen and oxygen atoms in total. The number of allylic oxidation sites excluding steroid dienone is 1. The standard InChI is InChI=1S/C7H10O/c8-7-3-1-2-5-4-6(5)7/h1,3,5-8H,2,4H2/t5-,6+,7-/m1/s1. The van der Waals surface area contributed by atoms with Crippen LogP contribution in [-0.4, -0.2) is 11.2 Å². The highest BCUT2D eigenvalue weighted by atomic mass is 16.3. The SMILES string of the molecule is O[C@@H]1C=CC[C@@H]2C[C@@H]21. The lowest BCUT2D eigenvalue weighted by molar-refractivity contribution is 0.188. The molecular weight excluding hydrogens is 100 g/mol. The Kier molecular flexibility index (Phi) is 0.770. The number of aliphatic hydroxyl groups excluding tert-OH is 1. The summed E-state index contributed by atoms with van der Waals surface area (Å²) in [5, 5.41) is 9.13. The summed E-state index contributed by atoms with van der Waals surface area (Å²) in [6.45, 7) is 0. The Morgan fingerprint density at radius 3 is 3.00 bits per heavy atom. The molecule has 0 amide bonds. The van der Waals surface area contributed by atoms with Gasteiger partial charge in [-0.05, 0) is 24.7 Å². The van der Waals surface area contributed by atoms with E-state index in [0.29, 0.717) is 5.92 Å². The van der Waals surface area contributed by atoms with Crippen LogP contribution in [0.5, 0.6) is 0 Å². The van der Waals surface area contributed by atoms with E-state index in [1.54, 1.807) is 0 Å². The molecule has 0 aromatic rings. The van der Waals surface area contributed by atoms with Crippen molar-refractivity contribution in [2.24, 2.45) is 11.8 Å². The van der Waals surface area contributed by atoms with Gasteiger partial charge >= 0.3 is 0 Å². The summed E-state index contributed by atoms with van der Waals surface area (Å²) < 4.78 is 0. The van der Waals surface area contributed by atoms with Crippen LogP contribution >= 0.6 is 0 Å². The number of hydrogen-bond acceptors (Lipinski definition) is 1. The predicted octanol–water partition coefficient (Wildman–Crippen LogP) is 0.943. The van der Waals surface area contributed by atoms with Gasteiger partial charge < -0.3 is 5.11 Å². The minimum absolute atomic E-state index is 0.103. The highest BCUT2D eigenvalue weighted by Crippen LogP contribution is 2.46. The molecule has 1 N–H and O–H groups in total. The first-order valence-electron chi connectivity index (χ1n) is 3.22. The maximum absolute atomic E-state index is 9.13. The Bertz CT molecular complexity index is 128. The van der Waals surface area contributed by atoms with Gasteiger partial charge in [0.05, 0.1) is 6.10 Å². The lowest BCUT2D eigenvalue weighted by atomic mass is 10.1. The molecule has 3 atom stereocenters. The third kappa shape index (κ3) is 0.511. The number of aliphatic hydroxyl groups is 1. The van der Waals surface area contributed by atoms with E-state index in [2.05, 4.69) is 6.08 Å². The Morgan fingerprint density at radius 2 is 2.38 bits per heavy atom. The molecule has 1 fully saturated rings. The van der Waals surface area contributed by atoms with Crippen molar-refractivity contribution in [2.45, 2.75) is 18.9 Å². The minimum atomic E-state index is -0.103. The fourth-order valence-electron chi connectivity index (χ4n) is 1.50. The largest absolute Gasteiger partial charge is 0.389 e. The van der Waals surface area contributed by atoms with Crippen LogP contribution in [0.4, 0.5) is 0 Å².